The van der Waals surface area contributed by atoms with E-state index in [1.807, 2.05) is 19.9 Å². The lowest BCUT2D eigenvalue weighted by Crippen LogP contribution is -2.30. The van der Waals surface area contributed by atoms with Gasteiger partial charge in [-0.1, -0.05) is 17.7 Å². The van der Waals surface area contributed by atoms with Crippen molar-refractivity contribution >= 4 is 17.6 Å². The van der Waals surface area contributed by atoms with Crippen LogP contribution in [0.2, 0.25) is 5.02 Å². The van der Waals surface area contributed by atoms with Crippen molar-refractivity contribution in [3.05, 3.63) is 28.8 Å². The first-order chi connectivity index (χ1) is 8.40. The number of halogens is 1. The van der Waals surface area contributed by atoms with E-state index < -0.39 is 12.0 Å². The fourth-order valence-electron chi connectivity index (χ4n) is 1.50. The van der Waals surface area contributed by atoms with Crippen molar-refractivity contribution in [2.45, 2.75) is 38.8 Å². The summed E-state index contributed by atoms with van der Waals surface area (Å²) in [6.07, 6.45) is 1.03. The van der Waals surface area contributed by atoms with Gasteiger partial charge < -0.3 is 15.6 Å². The molecule has 0 radical (unpaired) electrons. The molecule has 1 aromatic rings. The molecule has 0 aliphatic carbocycles. The third kappa shape index (κ3) is 4.55. The minimum Gasteiger partial charge on any atom is -0.489 e. The normalized spacial score (nSPS) is 12.5. The second-order valence-electron chi connectivity index (χ2n) is 4.41. The van der Waals surface area contributed by atoms with Crippen LogP contribution in [0.5, 0.6) is 5.75 Å². The van der Waals surface area contributed by atoms with Gasteiger partial charge >= 0.3 is 5.97 Å². The van der Waals surface area contributed by atoms with Crippen LogP contribution in [-0.4, -0.2) is 23.2 Å². The number of hydrogen-bond donors (Lipinski definition) is 2. The summed E-state index contributed by atoms with van der Waals surface area (Å²) in [5.41, 5.74) is 6.39. The van der Waals surface area contributed by atoms with Crippen LogP contribution < -0.4 is 10.5 Å². The second kappa shape index (κ2) is 6.61. The van der Waals surface area contributed by atoms with E-state index in [9.17, 15) is 4.79 Å². The average molecular weight is 272 g/mol. The van der Waals surface area contributed by atoms with E-state index in [0.29, 0.717) is 23.6 Å². The molecular weight excluding hydrogens is 254 g/mol. The highest BCUT2D eigenvalue weighted by molar-refractivity contribution is 6.32. The lowest BCUT2D eigenvalue weighted by atomic mass is 10.1. The zero-order chi connectivity index (χ0) is 13.7. The molecule has 0 fully saturated rings. The van der Waals surface area contributed by atoms with Crippen molar-refractivity contribution in [3.8, 4) is 5.75 Å². The number of carboxylic acid groups (broad SMARTS) is 1. The van der Waals surface area contributed by atoms with Crippen molar-refractivity contribution in [2.75, 3.05) is 0 Å². The van der Waals surface area contributed by atoms with Crippen LogP contribution in [0.3, 0.4) is 0 Å². The van der Waals surface area contributed by atoms with Gasteiger partial charge in [0, 0.05) is 0 Å². The molecule has 1 atom stereocenters. The maximum atomic E-state index is 10.6. The summed E-state index contributed by atoms with van der Waals surface area (Å²) in [5.74, 6) is -0.348. The molecule has 0 amide bonds. The highest BCUT2D eigenvalue weighted by atomic mass is 35.5. The molecule has 0 aliphatic rings. The largest absolute Gasteiger partial charge is 0.489 e. The molecule has 5 heteroatoms. The SMILES string of the molecule is CC(C)Oc1ccc(CCC(N)C(=O)O)cc1Cl. The van der Waals surface area contributed by atoms with Gasteiger partial charge in [0.2, 0.25) is 0 Å². The Morgan fingerprint density at radius 2 is 2.17 bits per heavy atom. The molecule has 0 saturated heterocycles. The number of ether oxygens (including phenoxy) is 1. The molecule has 1 rings (SSSR count). The van der Waals surface area contributed by atoms with Crippen molar-refractivity contribution in [3.63, 3.8) is 0 Å². The predicted molar refractivity (Wildman–Crippen MR) is 71.1 cm³/mol. The summed E-state index contributed by atoms with van der Waals surface area (Å²) < 4.78 is 5.51. The number of aryl methyl sites for hydroxylation is 1. The number of carbonyl (C=O) groups is 1. The maximum Gasteiger partial charge on any atom is 0.320 e. The fraction of sp³-hybridized carbons (Fsp3) is 0.462. The Hall–Kier alpha value is -1.26. The summed E-state index contributed by atoms with van der Waals surface area (Å²) in [7, 11) is 0. The van der Waals surface area contributed by atoms with Gasteiger partial charge in [0.25, 0.3) is 0 Å². The molecule has 100 valence electrons. The summed E-state index contributed by atoms with van der Waals surface area (Å²) >= 11 is 6.08. The minimum atomic E-state index is -0.985. The zero-order valence-electron chi connectivity index (χ0n) is 10.5. The molecule has 0 heterocycles. The molecule has 1 aromatic carbocycles. The van der Waals surface area contributed by atoms with Crippen molar-refractivity contribution < 1.29 is 14.6 Å². The van der Waals surface area contributed by atoms with E-state index >= 15 is 0 Å². The van der Waals surface area contributed by atoms with Gasteiger partial charge in [-0.05, 0) is 44.4 Å². The van der Waals surface area contributed by atoms with Gasteiger partial charge in [0.05, 0.1) is 11.1 Å². The highest BCUT2D eigenvalue weighted by Gasteiger charge is 2.12. The monoisotopic (exact) mass is 271 g/mol. The van der Waals surface area contributed by atoms with Gasteiger partial charge in [-0.15, -0.1) is 0 Å². The molecule has 0 spiro atoms. The summed E-state index contributed by atoms with van der Waals surface area (Å²) in [6.45, 7) is 3.85. The van der Waals surface area contributed by atoms with Gasteiger partial charge in [-0.3, -0.25) is 4.79 Å². The molecule has 0 aliphatic heterocycles. The standard InChI is InChI=1S/C13H18ClNO3/c1-8(2)18-12-6-4-9(7-10(12)14)3-5-11(15)13(16)17/h4,6-8,11H,3,5,15H2,1-2H3,(H,16,17). The van der Waals surface area contributed by atoms with Gasteiger partial charge in [-0.25, -0.2) is 0 Å². The number of carboxylic acids is 1. The van der Waals surface area contributed by atoms with Crippen LogP contribution in [0.1, 0.15) is 25.8 Å². The van der Waals surface area contributed by atoms with Crippen LogP contribution in [0.25, 0.3) is 0 Å². The Morgan fingerprint density at radius 1 is 1.50 bits per heavy atom. The summed E-state index contributed by atoms with van der Waals surface area (Å²) in [5, 5.41) is 9.22. The molecule has 4 nitrogen and oxygen atoms in total. The maximum absolute atomic E-state index is 10.6. The third-order valence-corrected chi connectivity index (χ3v) is 2.72. The molecule has 3 N–H and O–H groups in total. The van der Waals surface area contributed by atoms with Gasteiger partial charge in [0.15, 0.2) is 0 Å². The van der Waals surface area contributed by atoms with E-state index in [-0.39, 0.29) is 6.10 Å². The van der Waals surface area contributed by atoms with E-state index in [1.165, 1.54) is 0 Å². The first kappa shape index (κ1) is 14.8. The van der Waals surface area contributed by atoms with Gasteiger partial charge in [0.1, 0.15) is 11.8 Å². The van der Waals surface area contributed by atoms with Crippen LogP contribution >= 0.6 is 11.6 Å². The lowest BCUT2D eigenvalue weighted by molar-refractivity contribution is -0.138. The Labute approximate surface area is 112 Å². The first-order valence-corrected chi connectivity index (χ1v) is 6.21. The van der Waals surface area contributed by atoms with Crippen molar-refractivity contribution in [1.82, 2.24) is 0 Å². The van der Waals surface area contributed by atoms with E-state index in [1.54, 1.807) is 12.1 Å². The van der Waals surface area contributed by atoms with Gasteiger partial charge in [-0.2, -0.15) is 0 Å². The molecular formula is C13H18ClNO3. The molecule has 0 bridgehead atoms. The number of nitrogens with two attached hydrogens (primary N) is 1. The molecule has 18 heavy (non-hydrogen) atoms. The fourth-order valence-corrected chi connectivity index (χ4v) is 1.74. The first-order valence-electron chi connectivity index (χ1n) is 5.83. The lowest BCUT2D eigenvalue weighted by Gasteiger charge is -2.12. The number of hydrogen-bond acceptors (Lipinski definition) is 3. The van der Waals surface area contributed by atoms with Crippen LogP contribution in [0, 0.1) is 0 Å². The third-order valence-electron chi connectivity index (χ3n) is 2.42. The minimum absolute atomic E-state index is 0.0637. The van der Waals surface area contributed by atoms with Crippen molar-refractivity contribution in [1.29, 1.82) is 0 Å². The molecule has 0 aromatic heterocycles. The zero-order valence-corrected chi connectivity index (χ0v) is 11.3. The van der Waals surface area contributed by atoms with E-state index in [4.69, 9.17) is 27.2 Å². The second-order valence-corrected chi connectivity index (χ2v) is 4.82. The topological polar surface area (TPSA) is 72.5 Å². The Balaban J connectivity index is 2.64. The molecule has 0 saturated carbocycles. The Bertz CT molecular complexity index is 421. The number of aliphatic carboxylic acids is 1. The van der Waals surface area contributed by atoms with Crippen LogP contribution in [0.4, 0.5) is 0 Å². The smallest absolute Gasteiger partial charge is 0.320 e. The van der Waals surface area contributed by atoms with Crippen molar-refractivity contribution in [2.24, 2.45) is 5.73 Å². The average Bonchev–Trinajstić information content (AvgIpc) is 2.28. The predicted octanol–water partition coefficient (Wildman–Crippen LogP) is 2.47. The molecule has 1 unspecified atom stereocenters. The Morgan fingerprint density at radius 3 is 2.67 bits per heavy atom. The quantitative estimate of drug-likeness (QED) is 0.834. The van der Waals surface area contributed by atoms with Crippen LogP contribution in [0.15, 0.2) is 18.2 Å². The Kier molecular flexibility index (Phi) is 5.44. The summed E-state index contributed by atoms with van der Waals surface area (Å²) in [6, 6.07) is 4.62. The van der Waals surface area contributed by atoms with E-state index in [2.05, 4.69) is 0 Å². The number of rotatable bonds is 6. The van der Waals surface area contributed by atoms with E-state index in [0.717, 1.165) is 5.56 Å². The highest BCUT2D eigenvalue weighted by Crippen LogP contribution is 2.26. The van der Waals surface area contributed by atoms with Crippen LogP contribution in [-0.2, 0) is 11.2 Å². The number of benzene rings is 1. The summed E-state index contributed by atoms with van der Waals surface area (Å²) in [4.78, 5) is 10.6.